The van der Waals surface area contributed by atoms with Crippen molar-refractivity contribution in [2.45, 2.75) is 60.6 Å². The molecule has 1 amide bonds. The van der Waals surface area contributed by atoms with Gasteiger partial charge in [0, 0.05) is 37.9 Å². The van der Waals surface area contributed by atoms with Crippen LogP contribution in [0.15, 0.2) is 69.9 Å². The molecule has 200 valence electrons. The Morgan fingerprint density at radius 3 is 2.45 bits per heavy atom. The zero-order valence-electron chi connectivity index (χ0n) is 24.5. The second-order valence-corrected chi connectivity index (χ2v) is 15.4. The Kier molecular flexibility index (Phi) is 8.27. The first-order chi connectivity index (χ1) is 18.1. The molecule has 0 saturated carbocycles. The van der Waals surface area contributed by atoms with Gasteiger partial charge >= 0.3 is 0 Å². The molecule has 5 heteroatoms. The molecule has 0 saturated heterocycles. The average molecular weight is 526 g/mol. The highest BCUT2D eigenvalue weighted by Crippen LogP contribution is 2.44. The molecule has 0 bridgehead atoms. The van der Waals surface area contributed by atoms with Crippen molar-refractivity contribution >= 4 is 36.1 Å². The summed E-state index contributed by atoms with van der Waals surface area (Å²) in [5.74, 6) is 0.0852. The highest BCUT2D eigenvalue weighted by atomic mass is 28.3. The van der Waals surface area contributed by atoms with Crippen molar-refractivity contribution < 1.29 is 4.79 Å². The van der Waals surface area contributed by atoms with Crippen molar-refractivity contribution in [3.8, 4) is 0 Å². The molecule has 0 aromatic heterocycles. The number of rotatable bonds is 8. The van der Waals surface area contributed by atoms with E-state index in [2.05, 4.69) is 89.4 Å². The molecule has 38 heavy (non-hydrogen) atoms. The van der Waals surface area contributed by atoms with Gasteiger partial charge in [-0.25, -0.2) is 0 Å². The molecule has 0 spiro atoms. The lowest BCUT2D eigenvalue weighted by Crippen LogP contribution is -2.50. The van der Waals surface area contributed by atoms with Gasteiger partial charge in [0.15, 0.2) is 0 Å². The van der Waals surface area contributed by atoms with Crippen molar-refractivity contribution in [1.82, 2.24) is 4.90 Å². The van der Waals surface area contributed by atoms with Gasteiger partial charge in [0.25, 0.3) is 5.91 Å². The van der Waals surface area contributed by atoms with Crippen molar-refractivity contribution in [2.75, 3.05) is 32.0 Å². The summed E-state index contributed by atoms with van der Waals surface area (Å²) in [6.45, 7) is 18.1. The van der Waals surface area contributed by atoms with E-state index in [0.717, 1.165) is 49.3 Å². The predicted octanol–water partition coefficient (Wildman–Crippen LogP) is 6.92. The fourth-order valence-corrected chi connectivity index (χ4v) is 8.78. The Labute approximate surface area is 230 Å². The fourth-order valence-electron chi connectivity index (χ4n) is 5.74. The van der Waals surface area contributed by atoms with Gasteiger partial charge in [-0.3, -0.25) is 9.79 Å². The van der Waals surface area contributed by atoms with E-state index in [-0.39, 0.29) is 5.91 Å². The molecule has 1 heterocycles. The maximum Gasteiger partial charge on any atom is 0.254 e. The number of allylic oxidation sites excluding steroid dienone is 5. The molecule has 1 aliphatic carbocycles. The number of benzene rings is 2. The van der Waals surface area contributed by atoms with Gasteiger partial charge in [-0.1, -0.05) is 44.6 Å². The number of hydrogen-bond donors (Lipinski definition) is 1. The molecule has 1 aliphatic heterocycles. The molecule has 2 aromatic carbocycles. The summed E-state index contributed by atoms with van der Waals surface area (Å²) in [5, 5.41) is 6.39. The number of unbranched alkanes of at least 4 members (excludes halogenated alkanes) is 1. The smallest absolute Gasteiger partial charge is 0.254 e. The van der Waals surface area contributed by atoms with Crippen LogP contribution in [0.25, 0.3) is 5.57 Å². The monoisotopic (exact) mass is 525 g/mol. The second kappa shape index (κ2) is 11.3. The van der Waals surface area contributed by atoms with E-state index in [4.69, 9.17) is 4.99 Å². The quantitative estimate of drug-likeness (QED) is 0.380. The summed E-state index contributed by atoms with van der Waals surface area (Å²) < 4.78 is 0. The minimum absolute atomic E-state index is 0.0852. The molecule has 1 N–H and O–H groups in total. The Morgan fingerprint density at radius 1 is 1.03 bits per heavy atom. The predicted molar refractivity (Wildman–Crippen MR) is 167 cm³/mol. The van der Waals surface area contributed by atoms with Crippen LogP contribution in [0, 0.1) is 6.92 Å². The van der Waals surface area contributed by atoms with Crippen LogP contribution in [0.1, 0.15) is 67.6 Å². The van der Waals surface area contributed by atoms with Crippen LogP contribution in [-0.2, 0) is 0 Å². The summed E-state index contributed by atoms with van der Waals surface area (Å²) in [7, 11) is -0.149. The van der Waals surface area contributed by atoms with E-state index < -0.39 is 8.07 Å². The summed E-state index contributed by atoms with van der Waals surface area (Å²) in [6.07, 6.45) is 6.73. The second-order valence-electron chi connectivity index (χ2n) is 11.0. The van der Waals surface area contributed by atoms with Crippen molar-refractivity contribution in [1.29, 1.82) is 0 Å². The topological polar surface area (TPSA) is 44.7 Å². The molecule has 2 aromatic rings. The minimum Gasteiger partial charge on any atom is -0.385 e. The number of aliphatic imine (C=N–C) groups is 1. The van der Waals surface area contributed by atoms with E-state index in [1.165, 1.54) is 43.9 Å². The van der Waals surface area contributed by atoms with Crippen molar-refractivity contribution in [3.63, 3.8) is 0 Å². The van der Waals surface area contributed by atoms with E-state index in [0.29, 0.717) is 0 Å². The third kappa shape index (κ3) is 4.96. The average Bonchev–Trinajstić information content (AvgIpc) is 2.89. The molecule has 0 radical (unpaired) electrons. The largest absolute Gasteiger partial charge is 0.385 e. The zero-order chi connectivity index (χ0) is 27.6. The lowest BCUT2D eigenvalue weighted by Gasteiger charge is -2.39. The number of aryl methyl sites for hydroxylation is 1. The third-order valence-corrected chi connectivity index (χ3v) is 11.4. The van der Waals surface area contributed by atoms with Gasteiger partial charge in [-0.05, 0) is 108 Å². The van der Waals surface area contributed by atoms with Crippen LogP contribution in [0.3, 0.4) is 0 Å². The van der Waals surface area contributed by atoms with Gasteiger partial charge in [-0.2, -0.15) is 0 Å². The number of nitrogens with one attached hydrogen (secondary N) is 1. The summed E-state index contributed by atoms with van der Waals surface area (Å²) in [6, 6.07) is 12.9. The first-order valence-corrected chi connectivity index (χ1v) is 17.1. The summed E-state index contributed by atoms with van der Waals surface area (Å²) >= 11 is 0. The number of hydrogen-bond acceptors (Lipinski definition) is 3. The van der Waals surface area contributed by atoms with Crippen molar-refractivity contribution in [3.05, 3.63) is 87.1 Å². The molecule has 0 unspecified atom stereocenters. The number of amides is 1. The molecule has 0 fully saturated rings. The minimum atomic E-state index is -2.07. The number of anilines is 1. The number of fused-ring (bicyclic) bond motifs is 2. The molecule has 0 atom stereocenters. The highest BCUT2D eigenvalue weighted by Gasteiger charge is 2.41. The number of nitrogens with zero attached hydrogens (tertiary/aromatic N) is 2. The lowest BCUT2D eigenvalue weighted by molar-refractivity contribution is 0.0793. The van der Waals surface area contributed by atoms with E-state index >= 15 is 0 Å². The molecule has 4 rings (SSSR count). The summed E-state index contributed by atoms with van der Waals surface area (Å²) in [4.78, 5) is 20.5. The van der Waals surface area contributed by atoms with Crippen LogP contribution in [-0.4, -0.2) is 51.3 Å². The van der Waals surface area contributed by atoms with Gasteiger partial charge in [-0.15, -0.1) is 0 Å². The van der Waals surface area contributed by atoms with Crippen LogP contribution in [0.4, 0.5) is 5.69 Å². The first-order valence-electron chi connectivity index (χ1n) is 14.1. The van der Waals surface area contributed by atoms with Crippen molar-refractivity contribution in [2.24, 2.45) is 4.99 Å². The van der Waals surface area contributed by atoms with E-state index in [1.807, 2.05) is 24.1 Å². The van der Waals surface area contributed by atoms with E-state index in [9.17, 15) is 4.79 Å². The molecule has 4 nitrogen and oxygen atoms in total. The highest BCUT2D eigenvalue weighted by molar-refractivity contribution is 6.98. The first kappa shape index (κ1) is 27.8. The van der Waals surface area contributed by atoms with Gasteiger partial charge in [0.1, 0.15) is 8.07 Å². The Bertz CT molecular complexity index is 1380. The number of carbonyl (C=O) groups excluding carboxylic acids is 1. The third-order valence-electron chi connectivity index (χ3n) is 7.90. The normalized spacial score (nSPS) is 17.0. The Hall–Kier alpha value is -3.18. The number of carbonyl (C=O) groups is 1. The maximum atomic E-state index is 13.8. The summed E-state index contributed by atoms with van der Waals surface area (Å²) in [5.41, 5.74) is 10.2. The van der Waals surface area contributed by atoms with Crippen LogP contribution >= 0.6 is 0 Å². The Balaban J connectivity index is 2.06. The van der Waals surface area contributed by atoms with Gasteiger partial charge in [0.05, 0.1) is 5.71 Å². The van der Waals surface area contributed by atoms with Crippen LogP contribution < -0.4 is 10.5 Å². The molecule has 2 aliphatic rings. The SMILES string of the molecule is CCCCN(C)C(=O)c1ccccc1C1=C2C=C(C)/C(=N\CC)C=C2[Si](C)(C)c2cc(NCC)c(C)cc21. The fraction of sp³-hybridized carbons (Fsp3) is 0.394. The van der Waals surface area contributed by atoms with Gasteiger partial charge in [0.2, 0.25) is 0 Å². The van der Waals surface area contributed by atoms with Crippen LogP contribution in [0.5, 0.6) is 0 Å². The zero-order valence-corrected chi connectivity index (χ0v) is 25.5. The molecular weight excluding hydrogens is 482 g/mol. The van der Waals surface area contributed by atoms with Gasteiger partial charge < -0.3 is 10.2 Å². The maximum absolute atomic E-state index is 13.8. The van der Waals surface area contributed by atoms with Crippen LogP contribution in [0.2, 0.25) is 13.1 Å². The standard InChI is InChI=1S/C33H43N3OSi/c1-9-12-17-36(6)33(37)25-16-14-13-15-24(25)32-26-18-22(4)28(34-10-2)20-30(26)38(7,8)31-21-29(35-11-3)23(5)19-27(31)32/h13-16,18-21,34H,9-12,17H2,1-8H3/b35-29-. The molecular formula is C33H43N3OSi. The Morgan fingerprint density at radius 2 is 1.76 bits per heavy atom. The lowest BCUT2D eigenvalue weighted by atomic mass is 9.85. The van der Waals surface area contributed by atoms with E-state index in [1.54, 1.807) is 0 Å².